The molecule has 0 saturated heterocycles. The van der Waals surface area contributed by atoms with Crippen molar-refractivity contribution in [2.75, 3.05) is 5.32 Å². The Morgan fingerprint density at radius 3 is 3.20 bits per heavy atom. The van der Waals surface area contributed by atoms with Crippen LogP contribution in [0, 0.1) is 0 Å². The average molecular weight is 222 g/mol. The fraction of sp³-hybridized carbons (Fsp3) is 0.364. The van der Waals surface area contributed by atoms with Crippen LogP contribution in [0.2, 0.25) is 0 Å². The summed E-state index contributed by atoms with van der Waals surface area (Å²) in [6, 6.07) is 1.95. The molecule has 4 heteroatoms. The smallest absolute Gasteiger partial charge is 0.183 e. The van der Waals surface area contributed by atoms with Crippen LogP contribution in [0.25, 0.3) is 0 Å². The molecule has 2 rings (SSSR count). The molecule has 80 valence electrons. The standard InChI is InChI=1S/C11H14N2OS/c1-2-3-10-7-13-11(15-10)12-6-9-4-5-14-8-9/h4-5,7-8H,2-3,6H2,1H3,(H,12,13). The van der Waals surface area contributed by atoms with Crippen LogP contribution in [0.5, 0.6) is 0 Å². The number of thiazole rings is 1. The molecule has 0 aliphatic rings. The van der Waals surface area contributed by atoms with Crippen LogP contribution in [-0.4, -0.2) is 4.98 Å². The van der Waals surface area contributed by atoms with Gasteiger partial charge in [0.15, 0.2) is 5.13 Å². The third-order valence-electron chi connectivity index (χ3n) is 2.07. The van der Waals surface area contributed by atoms with Crippen molar-refractivity contribution in [2.45, 2.75) is 26.3 Å². The van der Waals surface area contributed by atoms with E-state index in [1.165, 1.54) is 11.3 Å². The third kappa shape index (κ3) is 2.83. The lowest BCUT2D eigenvalue weighted by Crippen LogP contribution is -1.96. The van der Waals surface area contributed by atoms with E-state index in [-0.39, 0.29) is 0 Å². The number of hydrogen-bond acceptors (Lipinski definition) is 4. The minimum Gasteiger partial charge on any atom is -0.472 e. The summed E-state index contributed by atoms with van der Waals surface area (Å²) in [5, 5.41) is 4.26. The summed E-state index contributed by atoms with van der Waals surface area (Å²) in [5.41, 5.74) is 1.14. The van der Waals surface area contributed by atoms with Gasteiger partial charge < -0.3 is 9.73 Å². The number of hydrogen-bond donors (Lipinski definition) is 1. The molecule has 0 aliphatic carbocycles. The van der Waals surface area contributed by atoms with Gasteiger partial charge in [0.25, 0.3) is 0 Å². The lowest BCUT2D eigenvalue weighted by Gasteiger charge is -1.97. The van der Waals surface area contributed by atoms with E-state index in [2.05, 4.69) is 17.2 Å². The molecule has 0 bridgehead atoms. The Morgan fingerprint density at radius 1 is 1.53 bits per heavy atom. The molecule has 3 nitrogen and oxygen atoms in total. The highest BCUT2D eigenvalue weighted by Gasteiger charge is 2.01. The summed E-state index contributed by atoms with van der Waals surface area (Å²) in [6.07, 6.45) is 7.66. The zero-order valence-electron chi connectivity index (χ0n) is 8.69. The highest BCUT2D eigenvalue weighted by atomic mass is 32.1. The first-order valence-electron chi connectivity index (χ1n) is 5.08. The molecule has 2 heterocycles. The number of rotatable bonds is 5. The normalized spacial score (nSPS) is 10.5. The molecule has 0 saturated carbocycles. The van der Waals surface area contributed by atoms with Gasteiger partial charge in [0.1, 0.15) is 0 Å². The highest BCUT2D eigenvalue weighted by molar-refractivity contribution is 7.15. The van der Waals surface area contributed by atoms with Crippen LogP contribution in [0.1, 0.15) is 23.8 Å². The predicted molar refractivity (Wildman–Crippen MR) is 62.1 cm³/mol. The molecule has 2 aromatic heterocycles. The summed E-state index contributed by atoms with van der Waals surface area (Å²) >= 11 is 1.73. The van der Waals surface area contributed by atoms with Crippen LogP contribution in [0.15, 0.2) is 29.2 Å². The Morgan fingerprint density at radius 2 is 2.47 bits per heavy atom. The second-order valence-electron chi connectivity index (χ2n) is 3.37. The van der Waals surface area contributed by atoms with E-state index in [0.29, 0.717) is 0 Å². The van der Waals surface area contributed by atoms with Gasteiger partial charge in [0.05, 0.1) is 12.5 Å². The molecular formula is C11H14N2OS. The lowest BCUT2D eigenvalue weighted by molar-refractivity contribution is 0.564. The number of furan rings is 1. The molecule has 0 aliphatic heterocycles. The molecule has 0 fully saturated rings. The zero-order chi connectivity index (χ0) is 10.5. The molecule has 0 radical (unpaired) electrons. The van der Waals surface area contributed by atoms with E-state index >= 15 is 0 Å². The highest BCUT2D eigenvalue weighted by Crippen LogP contribution is 2.19. The van der Waals surface area contributed by atoms with Gasteiger partial charge in [-0.3, -0.25) is 0 Å². The Kier molecular flexibility index (Phi) is 3.40. The monoisotopic (exact) mass is 222 g/mol. The van der Waals surface area contributed by atoms with Crippen LogP contribution in [0.3, 0.4) is 0 Å². The molecule has 0 spiro atoms. The van der Waals surface area contributed by atoms with Gasteiger partial charge >= 0.3 is 0 Å². The molecule has 0 amide bonds. The summed E-state index contributed by atoms with van der Waals surface area (Å²) in [7, 11) is 0. The molecule has 0 unspecified atom stereocenters. The Labute approximate surface area is 93.2 Å². The molecule has 0 atom stereocenters. The SMILES string of the molecule is CCCc1cnc(NCc2ccoc2)s1. The third-order valence-corrected chi connectivity index (χ3v) is 3.09. The molecule has 0 aromatic carbocycles. The van der Waals surface area contributed by atoms with E-state index in [0.717, 1.165) is 23.7 Å². The van der Waals surface area contributed by atoms with Crippen molar-refractivity contribution in [2.24, 2.45) is 0 Å². The van der Waals surface area contributed by atoms with Gasteiger partial charge in [-0.1, -0.05) is 13.3 Å². The van der Waals surface area contributed by atoms with Crippen molar-refractivity contribution in [3.05, 3.63) is 35.2 Å². The first kappa shape index (κ1) is 10.2. The van der Waals surface area contributed by atoms with Crippen molar-refractivity contribution < 1.29 is 4.42 Å². The summed E-state index contributed by atoms with van der Waals surface area (Å²) in [4.78, 5) is 5.65. The van der Waals surface area contributed by atoms with Gasteiger partial charge in [-0.2, -0.15) is 0 Å². The van der Waals surface area contributed by atoms with Gasteiger partial charge in [0.2, 0.25) is 0 Å². The summed E-state index contributed by atoms with van der Waals surface area (Å²) in [5.74, 6) is 0. The van der Waals surface area contributed by atoms with Gasteiger partial charge in [-0.25, -0.2) is 4.98 Å². The topological polar surface area (TPSA) is 38.1 Å². The van der Waals surface area contributed by atoms with Crippen molar-refractivity contribution in [1.82, 2.24) is 4.98 Å². The molecule has 2 aromatic rings. The average Bonchev–Trinajstić information content (AvgIpc) is 2.85. The van der Waals surface area contributed by atoms with Crippen molar-refractivity contribution in [3.63, 3.8) is 0 Å². The van der Waals surface area contributed by atoms with E-state index in [4.69, 9.17) is 4.42 Å². The zero-order valence-corrected chi connectivity index (χ0v) is 9.51. The fourth-order valence-electron chi connectivity index (χ4n) is 1.32. The molecule has 15 heavy (non-hydrogen) atoms. The Balaban J connectivity index is 1.88. The number of anilines is 1. The predicted octanol–water partition coefficient (Wildman–Crippen LogP) is 3.30. The van der Waals surface area contributed by atoms with Crippen molar-refractivity contribution in [3.8, 4) is 0 Å². The fourth-order valence-corrected chi connectivity index (χ4v) is 2.23. The number of aromatic nitrogens is 1. The lowest BCUT2D eigenvalue weighted by atomic mass is 10.3. The van der Waals surface area contributed by atoms with Crippen LogP contribution in [0.4, 0.5) is 5.13 Å². The van der Waals surface area contributed by atoms with Crippen LogP contribution in [-0.2, 0) is 13.0 Å². The maximum absolute atomic E-state index is 4.99. The first-order chi connectivity index (χ1) is 7.38. The minimum absolute atomic E-state index is 0.773. The van der Waals surface area contributed by atoms with E-state index in [9.17, 15) is 0 Å². The van der Waals surface area contributed by atoms with E-state index < -0.39 is 0 Å². The minimum atomic E-state index is 0.773. The Hall–Kier alpha value is -1.29. The van der Waals surface area contributed by atoms with E-state index in [1.807, 2.05) is 12.3 Å². The van der Waals surface area contributed by atoms with Gasteiger partial charge in [-0.15, -0.1) is 11.3 Å². The summed E-state index contributed by atoms with van der Waals surface area (Å²) in [6.45, 7) is 2.95. The number of nitrogens with one attached hydrogen (secondary N) is 1. The largest absolute Gasteiger partial charge is 0.472 e. The maximum Gasteiger partial charge on any atom is 0.183 e. The second kappa shape index (κ2) is 4.98. The van der Waals surface area contributed by atoms with Crippen molar-refractivity contribution in [1.29, 1.82) is 0 Å². The van der Waals surface area contributed by atoms with Crippen LogP contribution < -0.4 is 5.32 Å². The second-order valence-corrected chi connectivity index (χ2v) is 4.48. The molecular weight excluding hydrogens is 208 g/mol. The summed E-state index contributed by atoms with van der Waals surface area (Å²) < 4.78 is 4.99. The van der Waals surface area contributed by atoms with Gasteiger partial charge in [0, 0.05) is 23.2 Å². The quantitative estimate of drug-likeness (QED) is 0.843. The van der Waals surface area contributed by atoms with Crippen molar-refractivity contribution >= 4 is 16.5 Å². The Bertz CT molecular complexity index is 394. The number of aryl methyl sites for hydroxylation is 1. The number of nitrogens with zero attached hydrogens (tertiary/aromatic N) is 1. The molecule has 1 N–H and O–H groups in total. The van der Waals surface area contributed by atoms with Gasteiger partial charge in [-0.05, 0) is 12.5 Å². The van der Waals surface area contributed by atoms with E-state index in [1.54, 1.807) is 23.9 Å². The van der Waals surface area contributed by atoms with Crippen LogP contribution >= 0.6 is 11.3 Å². The maximum atomic E-state index is 4.99. The first-order valence-corrected chi connectivity index (χ1v) is 5.90.